The number of aryl methyl sites for hydroxylation is 1. The number of amides is 1. The number of rotatable bonds is 4. The molecule has 8 heteroatoms. The van der Waals surface area contributed by atoms with Gasteiger partial charge >= 0.3 is 5.97 Å². The standard InChI is InChI=1S/C18H22N4O4/c1-11(2)13-6-4-5-7-14(13)22-12(3)19-16(20-22)17(23)21-8-9-26-10-15(21)18(24)25/h4-7,11,15H,8-10H2,1-3H3,(H,24,25). The number of morpholine rings is 1. The van der Waals surface area contributed by atoms with Gasteiger partial charge in [0.15, 0.2) is 6.04 Å². The highest BCUT2D eigenvalue weighted by molar-refractivity contribution is 5.93. The highest BCUT2D eigenvalue weighted by Gasteiger charge is 2.35. The molecule has 8 nitrogen and oxygen atoms in total. The number of carbonyl (C=O) groups is 2. The summed E-state index contributed by atoms with van der Waals surface area (Å²) in [7, 11) is 0. The van der Waals surface area contributed by atoms with E-state index in [9.17, 15) is 14.7 Å². The fourth-order valence-corrected chi connectivity index (χ4v) is 3.06. The van der Waals surface area contributed by atoms with Crippen LogP contribution in [0, 0.1) is 6.92 Å². The van der Waals surface area contributed by atoms with Gasteiger partial charge in [-0.15, -0.1) is 5.10 Å². The van der Waals surface area contributed by atoms with Crippen molar-refractivity contribution in [3.05, 3.63) is 41.5 Å². The lowest BCUT2D eigenvalue weighted by atomic mass is 10.0. The molecule has 1 atom stereocenters. The lowest BCUT2D eigenvalue weighted by Gasteiger charge is -2.31. The Labute approximate surface area is 151 Å². The van der Waals surface area contributed by atoms with Crippen molar-refractivity contribution in [1.82, 2.24) is 19.7 Å². The summed E-state index contributed by atoms with van der Waals surface area (Å²) < 4.78 is 6.82. The van der Waals surface area contributed by atoms with Crippen molar-refractivity contribution in [2.75, 3.05) is 19.8 Å². The van der Waals surface area contributed by atoms with Crippen molar-refractivity contribution in [2.45, 2.75) is 32.7 Å². The second kappa shape index (κ2) is 7.25. The molecule has 3 rings (SSSR count). The van der Waals surface area contributed by atoms with Gasteiger partial charge in [-0.2, -0.15) is 0 Å². The van der Waals surface area contributed by atoms with Gasteiger partial charge in [-0.25, -0.2) is 14.5 Å². The summed E-state index contributed by atoms with van der Waals surface area (Å²) in [5.74, 6) is -0.746. The van der Waals surface area contributed by atoms with Crippen molar-refractivity contribution < 1.29 is 19.4 Å². The zero-order valence-electron chi connectivity index (χ0n) is 15.0. The number of carboxylic acid groups (broad SMARTS) is 1. The summed E-state index contributed by atoms with van der Waals surface area (Å²) >= 11 is 0. The second-order valence-electron chi connectivity index (χ2n) is 6.54. The SMILES string of the molecule is Cc1nc(C(=O)N2CCOCC2C(=O)O)nn1-c1ccccc1C(C)C. The Morgan fingerprint density at radius 1 is 1.31 bits per heavy atom. The van der Waals surface area contributed by atoms with Gasteiger partial charge in [0, 0.05) is 6.54 Å². The predicted octanol–water partition coefficient (Wildman–Crippen LogP) is 1.62. The monoisotopic (exact) mass is 358 g/mol. The lowest BCUT2D eigenvalue weighted by Crippen LogP contribution is -2.52. The number of benzene rings is 1. The summed E-state index contributed by atoms with van der Waals surface area (Å²) in [6, 6.07) is 6.80. The van der Waals surface area contributed by atoms with Crippen LogP contribution in [-0.4, -0.2) is 62.4 Å². The number of aliphatic carboxylic acids is 1. The quantitative estimate of drug-likeness (QED) is 0.892. The van der Waals surface area contributed by atoms with Crippen molar-refractivity contribution >= 4 is 11.9 Å². The van der Waals surface area contributed by atoms with Gasteiger partial charge in [-0.05, 0) is 24.5 Å². The fourth-order valence-electron chi connectivity index (χ4n) is 3.06. The van der Waals surface area contributed by atoms with Gasteiger partial charge in [0.2, 0.25) is 5.82 Å². The molecule has 1 unspecified atom stereocenters. The molecule has 0 spiro atoms. The first kappa shape index (κ1) is 18.1. The third kappa shape index (κ3) is 3.32. The molecule has 1 saturated heterocycles. The zero-order valence-corrected chi connectivity index (χ0v) is 15.0. The van der Waals surface area contributed by atoms with Gasteiger partial charge < -0.3 is 14.7 Å². The van der Waals surface area contributed by atoms with Gasteiger partial charge in [-0.3, -0.25) is 4.79 Å². The Kier molecular flexibility index (Phi) is 5.03. The molecule has 26 heavy (non-hydrogen) atoms. The Hall–Kier alpha value is -2.74. The minimum absolute atomic E-state index is 0.00536. The summed E-state index contributed by atoms with van der Waals surface area (Å²) in [5, 5.41) is 13.7. The molecule has 1 aliphatic heterocycles. The molecule has 2 heterocycles. The molecule has 2 aromatic rings. The molecule has 1 N–H and O–H groups in total. The average Bonchev–Trinajstić information content (AvgIpc) is 3.02. The first-order valence-corrected chi connectivity index (χ1v) is 8.54. The Morgan fingerprint density at radius 3 is 2.73 bits per heavy atom. The molecule has 1 aromatic heterocycles. The molecule has 1 fully saturated rings. The van der Waals surface area contributed by atoms with Crippen LogP contribution >= 0.6 is 0 Å². The number of aromatic nitrogens is 3. The molecule has 138 valence electrons. The Morgan fingerprint density at radius 2 is 2.04 bits per heavy atom. The van der Waals surface area contributed by atoms with Crippen molar-refractivity contribution in [1.29, 1.82) is 0 Å². The van der Waals surface area contributed by atoms with Crippen LogP contribution in [0.4, 0.5) is 0 Å². The number of carboxylic acids is 1. The largest absolute Gasteiger partial charge is 0.480 e. The van der Waals surface area contributed by atoms with Crippen molar-refractivity contribution in [3.63, 3.8) is 0 Å². The molecule has 0 aliphatic carbocycles. The molecule has 0 saturated carbocycles. The molecular formula is C18H22N4O4. The molecule has 0 radical (unpaired) electrons. The van der Waals surface area contributed by atoms with Gasteiger partial charge in [0.05, 0.1) is 18.9 Å². The highest BCUT2D eigenvalue weighted by atomic mass is 16.5. The highest BCUT2D eigenvalue weighted by Crippen LogP contribution is 2.23. The van der Waals surface area contributed by atoms with Gasteiger partial charge in [0.25, 0.3) is 5.91 Å². The Bertz CT molecular complexity index is 830. The van der Waals surface area contributed by atoms with E-state index >= 15 is 0 Å². The predicted molar refractivity (Wildman–Crippen MR) is 93.5 cm³/mol. The minimum Gasteiger partial charge on any atom is -0.480 e. The smallest absolute Gasteiger partial charge is 0.328 e. The van der Waals surface area contributed by atoms with Crippen LogP contribution in [0.5, 0.6) is 0 Å². The van der Waals surface area contributed by atoms with Crippen LogP contribution in [0.15, 0.2) is 24.3 Å². The van der Waals surface area contributed by atoms with Crippen LogP contribution < -0.4 is 0 Å². The van der Waals surface area contributed by atoms with Gasteiger partial charge in [-0.1, -0.05) is 32.0 Å². The van der Waals surface area contributed by atoms with Gasteiger partial charge in [0.1, 0.15) is 5.82 Å². The Balaban J connectivity index is 1.96. The minimum atomic E-state index is -1.10. The van der Waals surface area contributed by atoms with Crippen LogP contribution in [0.1, 0.15) is 41.8 Å². The van der Waals surface area contributed by atoms with Crippen molar-refractivity contribution in [3.8, 4) is 5.69 Å². The van der Waals surface area contributed by atoms with E-state index in [1.165, 1.54) is 4.90 Å². The molecular weight excluding hydrogens is 336 g/mol. The third-order valence-corrected chi connectivity index (χ3v) is 4.42. The van der Waals surface area contributed by atoms with E-state index in [1.54, 1.807) is 11.6 Å². The van der Waals surface area contributed by atoms with Crippen LogP contribution in [-0.2, 0) is 9.53 Å². The maximum absolute atomic E-state index is 12.8. The summed E-state index contributed by atoms with van der Waals surface area (Å²) in [4.78, 5) is 29.7. The number of para-hydroxylation sites is 1. The first-order valence-electron chi connectivity index (χ1n) is 8.54. The van der Waals surface area contributed by atoms with Crippen LogP contribution in [0.2, 0.25) is 0 Å². The fraction of sp³-hybridized carbons (Fsp3) is 0.444. The first-order chi connectivity index (χ1) is 12.4. The molecule has 1 amide bonds. The number of hydrogen-bond acceptors (Lipinski definition) is 5. The van der Waals surface area contributed by atoms with E-state index in [1.807, 2.05) is 24.3 Å². The number of carbonyl (C=O) groups excluding carboxylic acids is 1. The zero-order chi connectivity index (χ0) is 18.8. The maximum Gasteiger partial charge on any atom is 0.328 e. The molecule has 1 aromatic carbocycles. The second-order valence-corrected chi connectivity index (χ2v) is 6.54. The number of ether oxygens (including phenoxy) is 1. The van der Waals surface area contributed by atoms with Crippen LogP contribution in [0.25, 0.3) is 5.69 Å². The van der Waals surface area contributed by atoms with E-state index in [4.69, 9.17) is 4.74 Å². The lowest BCUT2D eigenvalue weighted by molar-refractivity contribution is -0.147. The summed E-state index contributed by atoms with van der Waals surface area (Å²) in [5.41, 5.74) is 1.96. The van der Waals surface area contributed by atoms with E-state index in [2.05, 4.69) is 23.9 Å². The van der Waals surface area contributed by atoms with E-state index in [0.29, 0.717) is 12.4 Å². The average molecular weight is 358 g/mol. The molecule has 1 aliphatic rings. The summed E-state index contributed by atoms with van der Waals surface area (Å²) in [6.07, 6.45) is 0. The summed E-state index contributed by atoms with van der Waals surface area (Å²) in [6.45, 7) is 6.41. The van der Waals surface area contributed by atoms with Crippen molar-refractivity contribution in [2.24, 2.45) is 0 Å². The maximum atomic E-state index is 12.8. The molecule has 0 bridgehead atoms. The van der Waals surface area contributed by atoms with E-state index in [0.717, 1.165) is 11.3 Å². The van der Waals surface area contributed by atoms with E-state index in [-0.39, 0.29) is 24.9 Å². The normalized spacial score (nSPS) is 17.5. The third-order valence-electron chi connectivity index (χ3n) is 4.42. The number of hydrogen-bond donors (Lipinski definition) is 1. The van der Waals surface area contributed by atoms with Crippen LogP contribution in [0.3, 0.4) is 0 Å². The number of nitrogens with zero attached hydrogens (tertiary/aromatic N) is 4. The topological polar surface area (TPSA) is 97.6 Å². The van der Waals surface area contributed by atoms with E-state index < -0.39 is 17.9 Å².